The van der Waals surface area contributed by atoms with E-state index in [2.05, 4.69) is 0 Å². The van der Waals surface area contributed by atoms with E-state index in [1.54, 1.807) is 0 Å². The van der Waals surface area contributed by atoms with Crippen molar-refractivity contribution in [1.82, 2.24) is 0 Å². The summed E-state index contributed by atoms with van der Waals surface area (Å²) in [7, 11) is 0. The topological polar surface area (TPSA) is 0 Å². The summed E-state index contributed by atoms with van der Waals surface area (Å²) in [6.07, 6.45) is 0. The van der Waals surface area contributed by atoms with Gasteiger partial charge in [0.25, 0.3) is 0 Å². The average Bonchev–Trinajstić information content (AvgIpc) is 2.85. The number of hydrogen-bond acceptors (Lipinski definition) is 0. The molecule has 0 aliphatic rings. The van der Waals surface area contributed by atoms with Crippen molar-refractivity contribution in [1.29, 1.82) is 0 Å². The second kappa shape index (κ2) is 17.6. The zero-order valence-corrected chi connectivity index (χ0v) is 46.6. The maximum absolute atomic E-state index is 6.51. The van der Waals surface area contributed by atoms with E-state index >= 15 is 0 Å². The SMILES string of the molecule is ClC(Cl)(Cl)C(Cl)(Cl)C(Cl)(Cl)C(Cl)(Cl)C(Cl)(Cl)C(Cl)(Cl)C(Cl)(Cl)C(Cl)(Cl)C(Cl)(Cl)C(Cl)(Cl)C(Cl)(Cl)C(Cl)(Cl)C(Cl)(Cl)C(Cl)(Cl)C(Cl)(Cl)C(Cl)(Cl)Cl. The molecule has 0 radical (unpaired) electrons. The standard InChI is InChI=1S/C16Cl34/c17-1(18,3(21,22)5(25,26)7(29,30)9(33,34)11(37,38)13(41,42)15(45,46)47)2(19,20)4(23,24)6(27,28)8(31,32)10(35,36)12(39,40)14(43,44)16(48,49)50. The molecule has 0 aromatic carbocycles. The van der Waals surface area contributed by atoms with Crippen molar-refractivity contribution in [3.05, 3.63) is 0 Å². The lowest BCUT2D eigenvalue weighted by Gasteiger charge is -2.58. The normalized spacial score (nSPS) is 17.4. The van der Waals surface area contributed by atoms with Crippen molar-refractivity contribution < 1.29 is 0 Å². The van der Waals surface area contributed by atoms with Crippen LogP contribution in [-0.2, 0) is 0 Å². The first kappa shape index (κ1) is 59.9. The number of hydrogen-bond donors (Lipinski definition) is 0. The predicted octanol–water partition coefficient (Wildman–Crippen LogP) is 20.2. The molecule has 0 N–H and O–H groups in total. The van der Waals surface area contributed by atoms with Crippen LogP contribution in [0, 0.1) is 0 Å². The fourth-order valence-electron chi connectivity index (χ4n) is 2.72. The minimum atomic E-state index is -3.62. The molecule has 0 aliphatic carbocycles. The zero-order chi connectivity index (χ0) is 42.0. The van der Waals surface area contributed by atoms with Crippen molar-refractivity contribution in [3.8, 4) is 0 Å². The summed E-state index contributed by atoms with van der Waals surface area (Å²) in [5.74, 6) is 0. The summed E-state index contributed by atoms with van der Waals surface area (Å²) >= 11 is 213. The molecule has 0 aliphatic heterocycles. The molecule has 0 heterocycles. The molecule has 34 heteroatoms. The largest absolute Gasteiger partial charge is 0.226 e. The maximum Gasteiger partial charge on any atom is 0.226 e. The molecule has 0 saturated carbocycles. The van der Waals surface area contributed by atoms with E-state index in [0.29, 0.717) is 0 Å². The molecule has 0 amide bonds. The Balaban J connectivity index is 7.70. The van der Waals surface area contributed by atoms with Crippen LogP contribution in [0.1, 0.15) is 0 Å². The highest BCUT2D eigenvalue weighted by Gasteiger charge is 2.87. The van der Waals surface area contributed by atoms with Gasteiger partial charge in [-0.05, 0) is 0 Å². The van der Waals surface area contributed by atoms with E-state index in [4.69, 9.17) is 394 Å². The van der Waals surface area contributed by atoms with Gasteiger partial charge in [-0.3, -0.25) is 0 Å². The van der Waals surface area contributed by atoms with Crippen molar-refractivity contribution in [2.24, 2.45) is 0 Å². The fourth-order valence-corrected chi connectivity index (χ4v) is 13.8. The fraction of sp³-hybridized carbons (Fsp3) is 1.00. The van der Waals surface area contributed by atoms with Gasteiger partial charge in [0, 0.05) is 0 Å². The van der Waals surface area contributed by atoms with Gasteiger partial charge >= 0.3 is 0 Å². The maximum atomic E-state index is 6.51. The molecule has 0 spiro atoms. The molecular formula is C16Cl34. The van der Waals surface area contributed by atoms with Crippen molar-refractivity contribution in [2.45, 2.75) is 68.3 Å². The van der Waals surface area contributed by atoms with Crippen molar-refractivity contribution in [3.63, 3.8) is 0 Å². The van der Waals surface area contributed by atoms with Crippen LogP contribution in [0.15, 0.2) is 0 Å². The van der Waals surface area contributed by atoms with Crippen LogP contribution in [0.25, 0.3) is 0 Å². The lowest BCUT2D eigenvalue weighted by Crippen LogP contribution is -2.75. The Morgan fingerprint density at radius 2 is 0.160 bits per heavy atom. The van der Waals surface area contributed by atoms with E-state index < -0.39 is 68.3 Å². The molecule has 0 bridgehead atoms. The van der Waals surface area contributed by atoms with E-state index in [-0.39, 0.29) is 0 Å². The van der Waals surface area contributed by atoms with Gasteiger partial charge in [0.2, 0.25) is 16.3 Å². The Morgan fingerprint density at radius 3 is 0.220 bits per heavy atom. The molecule has 0 nitrogen and oxygen atoms in total. The smallest absolute Gasteiger partial charge is 0.0946 e. The summed E-state index contributed by atoms with van der Waals surface area (Å²) in [6, 6.07) is 0. The van der Waals surface area contributed by atoms with Gasteiger partial charge in [0.05, 0.1) is 0 Å². The molecule has 0 saturated heterocycles. The van der Waals surface area contributed by atoms with Gasteiger partial charge < -0.3 is 0 Å². The third-order valence-corrected chi connectivity index (χ3v) is 29.6. The number of alkyl halides is 34. The predicted molar refractivity (Wildman–Crippen MR) is 243 cm³/mol. The van der Waals surface area contributed by atoms with Gasteiger partial charge in [0.15, 0.2) is 52.0 Å². The monoisotopic (exact) mass is 1380 g/mol. The average molecular weight is 1400 g/mol. The number of rotatable bonds is 13. The van der Waals surface area contributed by atoms with Crippen LogP contribution in [0.5, 0.6) is 0 Å². The van der Waals surface area contributed by atoms with E-state index in [1.807, 2.05) is 0 Å². The van der Waals surface area contributed by atoms with Gasteiger partial charge in [-0.25, -0.2) is 0 Å². The zero-order valence-electron chi connectivity index (χ0n) is 20.9. The second-order valence-corrected chi connectivity index (χ2v) is 32.2. The van der Waals surface area contributed by atoms with E-state index in [0.717, 1.165) is 0 Å². The first-order valence-electron chi connectivity index (χ1n) is 10.2. The van der Waals surface area contributed by atoms with Gasteiger partial charge in [-0.2, -0.15) is 0 Å². The van der Waals surface area contributed by atoms with Crippen molar-refractivity contribution >= 4 is 394 Å². The van der Waals surface area contributed by atoms with Crippen LogP contribution in [-0.4, -0.2) is 68.3 Å². The Kier molecular flexibility index (Phi) is 21.1. The van der Waals surface area contributed by atoms with Gasteiger partial charge in [-0.1, -0.05) is 394 Å². The van der Waals surface area contributed by atoms with E-state index in [1.165, 1.54) is 0 Å². The molecule has 0 atom stereocenters. The minimum absolute atomic E-state index is 2.84. The van der Waals surface area contributed by atoms with Gasteiger partial charge in [-0.15, -0.1) is 0 Å². The molecule has 0 aromatic heterocycles. The lowest BCUT2D eigenvalue weighted by atomic mass is 9.97. The van der Waals surface area contributed by atoms with Gasteiger partial charge in [0.1, 0.15) is 0 Å². The first-order chi connectivity index (χ1) is 20.8. The summed E-state index contributed by atoms with van der Waals surface area (Å²) in [5, 5.41) is 0. The summed E-state index contributed by atoms with van der Waals surface area (Å²) in [6.45, 7) is 0. The molecule has 302 valence electrons. The third-order valence-electron chi connectivity index (χ3n) is 5.84. The Hall–Kier alpha value is 9.86. The Morgan fingerprint density at radius 1 is 0.100 bits per heavy atom. The highest BCUT2D eigenvalue weighted by Crippen LogP contribution is 2.78. The third kappa shape index (κ3) is 8.91. The first-order valence-corrected chi connectivity index (χ1v) is 23.0. The summed E-state index contributed by atoms with van der Waals surface area (Å²) in [5.41, 5.74) is 0. The van der Waals surface area contributed by atoms with Crippen LogP contribution in [0.4, 0.5) is 0 Å². The summed E-state index contributed by atoms with van der Waals surface area (Å²) in [4.78, 5) is 0. The van der Waals surface area contributed by atoms with E-state index in [9.17, 15) is 0 Å². The van der Waals surface area contributed by atoms with Crippen molar-refractivity contribution in [2.75, 3.05) is 0 Å². The lowest BCUT2D eigenvalue weighted by molar-refractivity contribution is 0.398. The molecule has 0 rings (SSSR count). The Labute approximate surface area is 455 Å². The highest BCUT2D eigenvalue weighted by atomic mass is 35.6. The molecule has 0 aromatic rings. The summed E-state index contributed by atoms with van der Waals surface area (Å²) < 4.78 is -53.6. The highest BCUT2D eigenvalue weighted by molar-refractivity contribution is 6.86. The Bertz CT molecular complexity index is 1140. The minimum Gasteiger partial charge on any atom is -0.0946 e. The number of halogens is 34. The van der Waals surface area contributed by atoms with Crippen LogP contribution in [0.3, 0.4) is 0 Å². The van der Waals surface area contributed by atoms with Crippen LogP contribution in [0.2, 0.25) is 0 Å². The molecule has 0 fully saturated rings. The second-order valence-electron chi connectivity index (χ2n) is 9.04. The van der Waals surface area contributed by atoms with Crippen LogP contribution >= 0.6 is 394 Å². The van der Waals surface area contributed by atoms with Crippen LogP contribution < -0.4 is 0 Å². The quantitative estimate of drug-likeness (QED) is 0.161. The molecule has 0 unspecified atom stereocenters. The molecule has 50 heavy (non-hydrogen) atoms. The molecular weight excluding hydrogens is 1400 g/mol.